The average molecular weight is 472 g/mol. The van der Waals surface area contributed by atoms with Gasteiger partial charge in [0, 0.05) is 28.9 Å². The predicted molar refractivity (Wildman–Crippen MR) is 113 cm³/mol. The lowest BCUT2D eigenvalue weighted by Gasteiger charge is -2.25. The molecule has 0 radical (unpaired) electrons. The van der Waals surface area contributed by atoms with Crippen LogP contribution in [0.25, 0.3) is 0 Å². The third-order valence-electron chi connectivity index (χ3n) is 4.83. The number of aromatic nitrogens is 2. The van der Waals surface area contributed by atoms with Crippen molar-refractivity contribution in [1.82, 2.24) is 9.55 Å². The van der Waals surface area contributed by atoms with Crippen molar-refractivity contribution in [1.29, 1.82) is 0 Å². The molecule has 0 N–H and O–H groups in total. The summed E-state index contributed by atoms with van der Waals surface area (Å²) in [5.74, 6) is -0.190. The van der Waals surface area contributed by atoms with Crippen LogP contribution in [0.4, 0.5) is 24.8 Å². The molecule has 2 aromatic carbocycles. The highest BCUT2D eigenvalue weighted by atomic mass is 35.5. The van der Waals surface area contributed by atoms with E-state index in [1.807, 2.05) is 0 Å². The Morgan fingerprint density at radius 1 is 1.10 bits per heavy atom. The summed E-state index contributed by atoms with van der Waals surface area (Å²) < 4.78 is 42.7. The summed E-state index contributed by atoms with van der Waals surface area (Å²) in [6.07, 6.45) is -1.29. The number of hydrogen-bond donors (Lipinski definition) is 0. The van der Waals surface area contributed by atoms with Gasteiger partial charge in [0.2, 0.25) is 5.95 Å². The lowest BCUT2D eigenvalue weighted by atomic mass is 9.92. The number of carbonyl (C=O) groups is 1. The van der Waals surface area contributed by atoms with Gasteiger partial charge in [0.15, 0.2) is 0 Å². The van der Waals surface area contributed by atoms with Gasteiger partial charge in [-0.2, -0.15) is 0 Å². The number of halogens is 5. The minimum atomic E-state index is -4.76. The lowest BCUT2D eigenvalue weighted by molar-refractivity contribution is -0.274. The van der Waals surface area contributed by atoms with Crippen molar-refractivity contribution < 1.29 is 22.7 Å². The van der Waals surface area contributed by atoms with Crippen molar-refractivity contribution in [2.24, 2.45) is 0 Å². The number of nitrogens with zero attached hydrogens (tertiary/aromatic N) is 3. The molecule has 0 unspecified atom stereocenters. The third-order valence-corrected chi connectivity index (χ3v) is 5.26. The molecule has 1 atom stereocenters. The van der Waals surface area contributed by atoms with Crippen LogP contribution < -0.4 is 9.64 Å². The molecule has 1 amide bonds. The molecule has 3 aromatic rings. The number of fused-ring (bicyclic) bond motifs is 1. The summed E-state index contributed by atoms with van der Waals surface area (Å²) in [6.45, 7) is 1.74. The molecule has 0 aliphatic carbocycles. The smallest absolute Gasteiger partial charge is 0.406 e. The summed E-state index contributed by atoms with van der Waals surface area (Å²) in [7, 11) is 0. The SMILES string of the molecule is C.C[C@@]1(Cc2ccc(OC(F)(F)F)cc2)C(=O)N(c2cc(Cl)cc(Cl)c2)c2nccn21. The van der Waals surface area contributed by atoms with Crippen LogP contribution in [0.5, 0.6) is 5.75 Å². The van der Waals surface area contributed by atoms with Gasteiger partial charge >= 0.3 is 6.36 Å². The van der Waals surface area contributed by atoms with Crippen LogP contribution in [0, 0.1) is 0 Å². The van der Waals surface area contributed by atoms with E-state index in [1.54, 1.807) is 42.1 Å². The van der Waals surface area contributed by atoms with E-state index in [0.717, 1.165) is 0 Å². The van der Waals surface area contributed by atoms with Gasteiger partial charge in [-0.3, -0.25) is 4.79 Å². The van der Waals surface area contributed by atoms with E-state index < -0.39 is 11.9 Å². The van der Waals surface area contributed by atoms with Crippen molar-refractivity contribution in [2.75, 3.05) is 4.90 Å². The van der Waals surface area contributed by atoms with E-state index in [4.69, 9.17) is 23.2 Å². The van der Waals surface area contributed by atoms with Crippen molar-refractivity contribution in [2.45, 2.75) is 32.7 Å². The summed E-state index contributed by atoms with van der Waals surface area (Å²) in [4.78, 5) is 19.2. The molecule has 0 saturated carbocycles. The molecule has 1 aliphatic rings. The maximum atomic E-state index is 13.4. The first-order valence-electron chi connectivity index (χ1n) is 8.76. The minimum absolute atomic E-state index is 0. The van der Waals surface area contributed by atoms with Gasteiger partial charge in [-0.15, -0.1) is 13.2 Å². The van der Waals surface area contributed by atoms with Crippen molar-refractivity contribution in [3.05, 3.63) is 70.5 Å². The fourth-order valence-corrected chi connectivity index (χ4v) is 4.06. The van der Waals surface area contributed by atoms with Gasteiger partial charge in [-0.05, 0) is 42.8 Å². The van der Waals surface area contributed by atoms with E-state index in [0.29, 0.717) is 27.2 Å². The Kier molecular flexibility index (Phi) is 5.99. The molecule has 0 bridgehead atoms. The fraction of sp³-hybridized carbons (Fsp3) is 0.238. The Labute approximate surface area is 187 Å². The maximum Gasteiger partial charge on any atom is 0.573 e. The minimum Gasteiger partial charge on any atom is -0.406 e. The Balaban J connectivity index is 0.00000272. The molecular formula is C21H18Cl2F3N3O2. The van der Waals surface area contributed by atoms with E-state index in [2.05, 4.69) is 9.72 Å². The Hall–Kier alpha value is -2.71. The summed E-state index contributed by atoms with van der Waals surface area (Å²) in [5, 5.41) is 0.745. The largest absolute Gasteiger partial charge is 0.573 e. The second kappa shape index (κ2) is 8.09. The first-order valence-corrected chi connectivity index (χ1v) is 9.52. The normalized spacial score (nSPS) is 18.0. The third kappa shape index (κ3) is 4.36. The first-order chi connectivity index (χ1) is 14.1. The van der Waals surface area contributed by atoms with Crippen LogP contribution >= 0.6 is 23.2 Å². The van der Waals surface area contributed by atoms with E-state index in [1.165, 1.54) is 29.2 Å². The second-order valence-electron chi connectivity index (χ2n) is 7.01. The maximum absolute atomic E-state index is 13.4. The molecule has 0 saturated heterocycles. The Morgan fingerprint density at radius 3 is 2.29 bits per heavy atom. The highest BCUT2D eigenvalue weighted by Gasteiger charge is 2.48. The van der Waals surface area contributed by atoms with Gasteiger partial charge in [-0.25, -0.2) is 9.88 Å². The topological polar surface area (TPSA) is 47.4 Å². The Bertz CT molecular complexity index is 1100. The highest BCUT2D eigenvalue weighted by molar-refractivity contribution is 6.35. The molecule has 31 heavy (non-hydrogen) atoms. The fourth-order valence-electron chi connectivity index (χ4n) is 3.55. The van der Waals surface area contributed by atoms with Gasteiger partial charge in [0.25, 0.3) is 5.91 Å². The predicted octanol–water partition coefficient (Wildman–Crippen LogP) is 6.36. The second-order valence-corrected chi connectivity index (χ2v) is 7.88. The average Bonchev–Trinajstić information content (AvgIpc) is 3.17. The number of benzene rings is 2. The van der Waals surface area contributed by atoms with Gasteiger partial charge in [0.05, 0.1) is 5.69 Å². The first kappa shape index (κ1) is 23.0. The molecule has 10 heteroatoms. The van der Waals surface area contributed by atoms with Crippen LogP contribution in [-0.4, -0.2) is 21.8 Å². The van der Waals surface area contributed by atoms with Crippen molar-refractivity contribution in [3.63, 3.8) is 0 Å². The van der Waals surface area contributed by atoms with Crippen molar-refractivity contribution in [3.8, 4) is 5.75 Å². The molecule has 0 spiro atoms. The van der Waals surface area contributed by atoms with Crippen LogP contribution in [0.3, 0.4) is 0 Å². The lowest BCUT2D eigenvalue weighted by Crippen LogP contribution is -2.40. The molecular weight excluding hydrogens is 454 g/mol. The van der Waals surface area contributed by atoms with Crippen LogP contribution in [0.15, 0.2) is 54.9 Å². The van der Waals surface area contributed by atoms with E-state index in [-0.39, 0.29) is 25.5 Å². The van der Waals surface area contributed by atoms with Crippen LogP contribution in [0.1, 0.15) is 19.9 Å². The number of imidazole rings is 1. The van der Waals surface area contributed by atoms with Crippen LogP contribution in [-0.2, 0) is 16.8 Å². The number of carbonyl (C=O) groups excluding carboxylic acids is 1. The number of alkyl halides is 3. The summed E-state index contributed by atoms with van der Waals surface area (Å²) >= 11 is 12.2. The molecule has 1 aliphatic heterocycles. The van der Waals surface area contributed by atoms with E-state index in [9.17, 15) is 18.0 Å². The summed E-state index contributed by atoms with van der Waals surface area (Å²) in [6, 6.07) is 10.2. The van der Waals surface area contributed by atoms with E-state index >= 15 is 0 Å². The number of anilines is 2. The van der Waals surface area contributed by atoms with Gasteiger partial charge < -0.3 is 9.30 Å². The van der Waals surface area contributed by atoms with Gasteiger partial charge in [0.1, 0.15) is 11.3 Å². The molecule has 164 valence electrons. The number of ether oxygens (including phenoxy) is 1. The highest BCUT2D eigenvalue weighted by Crippen LogP contribution is 2.42. The van der Waals surface area contributed by atoms with Crippen molar-refractivity contribution >= 4 is 40.7 Å². The molecule has 0 fully saturated rings. The number of amides is 1. The Morgan fingerprint density at radius 2 is 1.71 bits per heavy atom. The van der Waals surface area contributed by atoms with Crippen LogP contribution in [0.2, 0.25) is 10.0 Å². The number of hydrogen-bond acceptors (Lipinski definition) is 3. The van der Waals surface area contributed by atoms with Gasteiger partial charge in [-0.1, -0.05) is 42.8 Å². The quantitative estimate of drug-likeness (QED) is 0.444. The number of rotatable bonds is 4. The molecule has 1 aromatic heterocycles. The summed E-state index contributed by atoms with van der Waals surface area (Å²) in [5.41, 5.74) is 0.0844. The molecule has 4 rings (SSSR count). The standard InChI is InChI=1S/C20H14Cl2F3N3O2.CH4/c1-19(11-12-2-4-16(5-3-12)30-20(23,24)25)17(29)28(18-26-6-7-27(18)19)15-9-13(21)8-14(22)10-15;/h2-10H,11H2,1H3;1H4/t19-;/m1./s1. The zero-order valence-electron chi connectivity index (χ0n) is 15.5. The monoisotopic (exact) mass is 471 g/mol. The zero-order chi connectivity index (χ0) is 21.7. The molecule has 2 heterocycles. The zero-order valence-corrected chi connectivity index (χ0v) is 17.0. The molecule has 5 nitrogen and oxygen atoms in total.